The maximum Gasteiger partial charge on any atom is 0.432 e. The smallest absolute Gasteiger partial charge is 0.432 e. The normalized spacial score (nSPS) is 15.3. The molecule has 11 heteroatoms. The number of para-hydroxylation sites is 1. The zero-order valence-corrected chi connectivity index (χ0v) is 12.3. The Morgan fingerprint density at radius 2 is 1.91 bits per heavy atom. The highest BCUT2D eigenvalue weighted by atomic mass is 32.2. The summed E-state index contributed by atoms with van der Waals surface area (Å²) < 4.78 is 63.8. The van der Waals surface area contributed by atoms with Crippen LogP contribution in [0.15, 0.2) is 24.4 Å². The quantitative estimate of drug-likeness (QED) is 0.663. The first kappa shape index (κ1) is 17.1. The lowest BCUT2D eigenvalue weighted by molar-refractivity contribution is -0.264. The van der Waals surface area contributed by atoms with Gasteiger partial charge in [-0.2, -0.15) is 13.2 Å². The van der Waals surface area contributed by atoms with E-state index in [-0.39, 0.29) is 16.6 Å². The molecule has 0 aliphatic heterocycles. The van der Waals surface area contributed by atoms with Crippen molar-refractivity contribution in [1.29, 1.82) is 0 Å². The summed E-state index contributed by atoms with van der Waals surface area (Å²) in [5.74, 6) is -2.49. The first-order valence-electron chi connectivity index (χ1n) is 5.99. The molecule has 0 radical (unpaired) electrons. The van der Waals surface area contributed by atoms with Crippen molar-refractivity contribution >= 4 is 32.6 Å². The van der Waals surface area contributed by atoms with E-state index in [0.29, 0.717) is 6.20 Å². The van der Waals surface area contributed by atoms with E-state index in [9.17, 15) is 31.5 Å². The lowest BCUT2D eigenvalue weighted by atomic mass is 9.92. The number of carbonyl (C=O) groups is 1. The average Bonchev–Trinajstić information content (AvgIpc) is 2.79. The van der Waals surface area contributed by atoms with Crippen molar-refractivity contribution in [3.63, 3.8) is 0 Å². The number of hydrogen-bond acceptors (Lipinski definition) is 4. The number of aliphatic carboxylic acids is 1. The molecule has 7 nitrogen and oxygen atoms in total. The van der Waals surface area contributed by atoms with E-state index in [0.717, 1.165) is 12.3 Å². The molecule has 0 spiro atoms. The number of fused-ring (bicyclic) bond motifs is 1. The SMILES string of the molecule is CS(=O)(=O)Nc1cccc2c(C(O)(C(=O)O)C(F)(F)F)c[nH]c12. The Morgan fingerprint density at radius 3 is 2.39 bits per heavy atom. The molecule has 1 aromatic carbocycles. The standard InChI is InChI=1S/C12H11F3N2O5S/c1-23(21,22)17-8-4-2-3-6-7(5-16-9(6)8)11(20,10(18)19)12(13,14)15/h2-5,16-17,20H,1H3,(H,18,19). The molecule has 0 saturated heterocycles. The Balaban J connectivity index is 2.74. The van der Waals surface area contributed by atoms with Gasteiger partial charge in [0.15, 0.2) is 0 Å². The molecule has 1 unspecified atom stereocenters. The van der Waals surface area contributed by atoms with E-state index in [1.54, 1.807) is 0 Å². The van der Waals surface area contributed by atoms with Crippen LogP contribution >= 0.6 is 0 Å². The van der Waals surface area contributed by atoms with Crippen molar-refractivity contribution in [2.45, 2.75) is 11.8 Å². The molecule has 1 heterocycles. The number of carboxylic acids is 1. The van der Waals surface area contributed by atoms with Gasteiger partial charge < -0.3 is 15.2 Å². The van der Waals surface area contributed by atoms with Gasteiger partial charge in [0.1, 0.15) is 0 Å². The number of aromatic amines is 1. The zero-order valence-electron chi connectivity index (χ0n) is 11.5. The van der Waals surface area contributed by atoms with Gasteiger partial charge in [-0.05, 0) is 6.07 Å². The average molecular weight is 352 g/mol. The van der Waals surface area contributed by atoms with Crippen molar-refractivity contribution < 1.29 is 36.6 Å². The van der Waals surface area contributed by atoms with Crippen LogP contribution in [0.2, 0.25) is 0 Å². The number of hydrogen-bond donors (Lipinski definition) is 4. The first-order chi connectivity index (χ1) is 10.4. The van der Waals surface area contributed by atoms with Gasteiger partial charge in [-0.15, -0.1) is 0 Å². The number of carboxylic acid groups (broad SMARTS) is 1. The molecular weight excluding hydrogens is 341 g/mol. The molecule has 0 amide bonds. The summed E-state index contributed by atoms with van der Waals surface area (Å²) in [6.07, 6.45) is -3.95. The number of halogens is 3. The number of benzene rings is 1. The van der Waals surface area contributed by atoms with E-state index < -0.39 is 33.3 Å². The molecule has 0 aliphatic carbocycles. The number of sulfonamides is 1. The van der Waals surface area contributed by atoms with Gasteiger partial charge in [0.2, 0.25) is 10.0 Å². The summed E-state index contributed by atoms with van der Waals surface area (Å²) in [4.78, 5) is 13.4. The third-order valence-corrected chi connectivity index (χ3v) is 3.71. The molecule has 126 valence electrons. The fourth-order valence-corrected chi connectivity index (χ4v) is 2.70. The van der Waals surface area contributed by atoms with E-state index in [1.807, 2.05) is 0 Å². The molecule has 4 N–H and O–H groups in total. The number of nitrogens with one attached hydrogen (secondary N) is 2. The largest absolute Gasteiger partial charge is 0.479 e. The van der Waals surface area contributed by atoms with Gasteiger partial charge in [-0.3, -0.25) is 4.72 Å². The van der Waals surface area contributed by atoms with Gasteiger partial charge in [-0.1, -0.05) is 12.1 Å². The van der Waals surface area contributed by atoms with E-state index in [1.165, 1.54) is 12.1 Å². The first-order valence-corrected chi connectivity index (χ1v) is 7.88. The lowest BCUT2D eigenvalue weighted by Crippen LogP contribution is -2.49. The molecule has 0 bridgehead atoms. The molecule has 0 aliphatic rings. The van der Waals surface area contributed by atoms with E-state index in [4.69, 9.17) is 5.11 Å². The Kier molecular flexibility index (Phi) is 3.81. The van der Waals surface area contributed by atoms with Crippen LogP contribution < -0.4 is 4.72 Å². The minimum absolute atomic E-state index is 0.0776. The second-order valence-electron chi connectivity index (χ2n) is 4.82. The Morgan fingerprint density at radius 1 is 1.30 bits per heavy atom. The van der Waals surface area contributed by atoms with Crippen molar-refractivity contribution in [2.24, 2.45) is 0 Å². The number of rotatable bonds is 4. The number of aliphatic hydroxyl groups is 1. The molecule has 2 rings (SSSR count). The van der Waals surface area contributed by atoms with Crippen molar-refractivity contribution in [3.8, 4) is 0 Å². The van der Waals surface area contributed by atoms with Crippen LogP contribution in [-0.2, 0) is 20.4 Å². The van der Waals surface area contributed by atoms with Gasteiger partial charge in [0, 0.05) is 17.1 Å². The molecule has 1 aromatic heterocycles. The van der Waals surface area contributed by atoms with Crippen LogP contribution in [0, 0.1) is 0 Å². The molecule has 23 heavy (non-hydrogen) atoms. The summed E-state index contributed by atoms with van der Waals surface area (Å²) in [5, 5.41) is 18.3. The summed E-state index contributed by atoms with van der Waals surface area (Å²) >= 11 is 0. The lowest BCUT2D eigenvalue weighted by Gasteiger charge is -2.25. The summed E-state index contributed by atoms with van der Waals surface area (Å²) in [5.41, 5.74) is -5.23. The third kappa shape index (κ3) is 2.84. The number of alkyl halides is 3. The summed E-state index contributed by atoms with van der Waals surface area (Å²) in [7, 11) is -3.71. The molecule has 1 atom stereocenters. The molecular formula is C12H11F3N2O5S. The number of H-pyrrole nitrogens is 1. The summed E-state index contributed by atoms with van der Waals surface area (Å²) in [6.45, 7) is 0. The number of aromatic nitrogens is 1. The fraction of sp³-hybridized carbons (Fsp3) is 0.250. The maximum absolute atomic E-state index is 13.1. The van der Waals surface area contributed by atoms with Crippen LogP contribution in [0.5, 0.6) is 0 Å². The van der Waals surface area contributed by atoms with Crippen LogP contribution in [0.4, 0.5) is 18.9 Å². The predicted octanol–water partition coefficient (Wildman–Crippen LogP) is 1.37. The van der Waals surface area contributed by atoms with Crippen molar-refractivity contribution in [2.75, 3.05) is 11.0 Å². The van der Waals surface area contributed by atoms with Crippen LogP contribution in [0.3, 0.4) is 0 Å². The topological polar surface area (TPSA) is 119 Å². The number of anilines is 1. The fourth-order valence-electron chi connectivity index (χ4n) is 2.13. The minimum atomic E-state index is -5.48. The van der Waals surface area contributed by atoms with Gasteiger partial charge >= 0.3 is 12.1 Å². The van der Waals surface area contributed by atoms with Gasteiger partial charge in [0.05, 0.1) is 17.5 Å². The van der Waals surface area contributed by atoms with E-state index >= 15 is 0 Å². The van der Waals surface area contributed by atoms with Crippen LogP contribution in [0.25, 0.3) is 10.9 Å². The van der Waals surface area contributed by atoms with Crippen molar-refractivity contribution in [3.05, 3.63) is 30.0 Å². The van der Waals surface area contributed by atoms with Gasteiger partial charge in [0.25, 0.3) is 5.60 Å². The van der Waals surface area contributed by atoms with E-state index in [2.05, 4.69) is 9.71 Å². The van der Waals surface area contributed by atoms with Gasteiger partial charge in [-0.25, -0.2) is 13.2 Å². The Bertz CT molecular complexity index is 874. The third-order valence-electron chi connectivity index (χ3n) is 3.12. The van der Waals surface area contributed by atoms with Crippen molar-refractivity contribution in [1.82, 2.24) is 4.98 Å². The maximum atomic E-state index is 13.1. The molecule has 2 aromatic rings. The molecule has 0 fully saturated rings. The molecule has 0 saturated carbocycles. The summed E-state index contributed by atoms with van der Waals surface area (Å²) in [6, 6.07) is 3.64. The highest BCUT2D eigenvalue weighted by molar-refractivity contribution is 7.92. The monoisotopic (exact) mass is 352 g/mol. The van der Waals surface area contributed by atoms with Crippen LogP contribution in [-0.4, -0.2) is 42.0 Å². The Hall–Kier alpha value is -2.27. The highest BCUT2D eigenvalue weighted by Crippen LogP contribution is 2.43. The van der Waals surface area contributed by atoms with Crippen LogP contribution in [0.1, 0.15) is 5.56 Å². The Labute approximate surface area is 127 Å². The second-order valence-corrected chi connectivity index (χ2v) is 6.57. The predicted molar refractivity (Wildman–Crippen MR) is 74.4 cm³/mol. The zero-order chi connectivity index (χ0) is 17.6. The second kappa shape index (κ2) is 5.13. The highest BCUT2D eigenvalue weighted by Gasteiger charge is 2.62. The minimum Gasteiger partial charge on any atom is -0.479 e.